The van der Waals surface area contributed by atoms with Gasteiger partial charge in [0.1, 0.15) is 11.6 Å². The molecule has 3 aromatic rings. The van der Waals surface area contributed by atoms with E-state index in [1.807, 2.05) is 41.1 Å². The number of hydrogen-bond donors (Lipinski definition) is 1. The molecular formula is C22H17ClN4O. The van der Waals surface area contributed by atoms with Gasteiger partial charge in [0.25, 0.3) is 5.91 Å². The Hall–Kier alpha value is -3.54. The van der Waals surface area contributed by atoms with E-state index in [0.29, 0.717) is 23.7 Å². The summed E-state index contributed by atoms with van der Waals surface area (Å²) in [6, 6.07) is 17.0. The van der Waals surface area contributed by atoms with Crippen LogP contribution in [0.2, 0.25) is 5.02 Å². The molecule has 0 fully saturated rings. The molecule has 1 heterocycles. The molecule has 0 radical (unpaired) electrons. The van der Waals surface area contributed by atoms with Crippen LogP contribution in [-0.4, -0.2) is 10.5 Å². The largest absolute Gasteiger partial charge is 0.346 e. The minimum absolute atomic E-state index is 0.0115. The zero-order valence-corrected chi connectivity index (χ0v) is 16.0. The third kappa shape index (κ3) is 3.91. The van der Waals surface area contributed by atoms with E-state index in [-0.39, 0.29) is 5.57 Å². The summed E-state index contributed by atoms with van der Waals surface area (Å²) in [7, 11) is 0. The molecule has 1 amide bonds. The van der Waals surface area contributed by atoms with Gasteiger partial charge in [0, 0.05) is 39.9 Å². The Kier molecular flexibility index (Phi) is 5.79. The topological polar surface area (TPSA) is 81.6 Å². The molecule has 0 saturated heterocycles. The highest BCUT2D eigenvalue weighted by Crippen LogP contribution is 2.26. The summed E-state index contributed by atoms with van der Waals surface area (Å²) in [5, 5.41) is 22.6. The van der Waals surface area contributed by atoms with Crippen molar-refractivity contribution in [2.75, 3.05) is 5.32 Å². The van der Waals surface area contributed by atoms with Crippen molar-refractivity contribution in [1.82, 2.24) is 4.57 Å². The zero-order valence-electron chi connectivity index (χ0n) is 15.2. The second kappa shape index (κ2) is 8.43. The van der Waals surface area contributed by atoms with Crippen LogP contribution in [0.15, 0.2) is 54.2 Å². The van der Waals surface area contributed by atoms with Crippen molar-refractivity contribution >= 4 is 40.2 Å². The van der Waals surface area contributed by atoms with Crippen LogP contribution in [0.1, 0.15) is 17.5 Å². The third-order valence-electron chi connectivity index (χ3n) is 4.46. The Morgan fingerprint density at radius 3 is 2.75 bits per heavy atom. The summed E-state index contributed by atoms with van der Waals surface area (Å²) in [5.74, 6) is -0.498. The van der Waals surface area contributed by atoms with Crippen molar-refractivity contribution in [1.29, 1.82) is 10.5 Å². The lowest BCUT2D eigenvalue weighted by atomic mass is 10.1. The van der Waals surface area contributed by atoms with E-state index in [4.69, 9.17) is 16.9 Å². The number of carbonyl (C=O) groups excluding carboxylic acids is 1. The lowest BCUT2D eigenvalue weighted by Crippen LogP contribution is -2.14. The molecule has 28 heavy (non-hydrogen) atoms. The average Bonchev–Trinajstić information content (AvgIpc) is 3.05. The van der Waals surface area contributed by atoms with Gasteiger partial charge in [-0.25, -0.2) is 0 Å². The van der Waals surface area contributed by atoms with Gasteiger partial charge in [0.05, 0.1) is 12.5 Å². The maximum atomic E-state index is 12.6. The van der Waals surface area contributed by atoms with Crippen LogP contribution in [0.4, 0.5) is 5.69 Å². The molecule has 0 aliphatic heterocycles. The first kappa shape index (κ1) is 19.2. The molecule has 5 nitrogen and oxygen atoms in total. The number of nitrogens with one attached hydrogen (secondary N) is 1. The molecule has 1 aromatic heterocycles. The van der Waals surface area contributed by atoms with E-state index in [0.717, 1.165) is 22.0 Å². The number of carbonyl (C=O) groups is 1. The standard InChI is InChI=1S/C22H17ClN4O/c1-15-19(23)7-4-8-20(15)26-22(28)16(13-25)12-17-14-27(11-5-10-24)21-9-3-2-6-18(17)21/h2-4,6-9,12,14H,5,11H2,1H3,(H,26,28)/b16-12+. The summed E-state index contributed by atoms with van der Waals surface area (Å²) in [5.41, 5.74) is 3.00. The van der Waals surface area contributed by atoms with Crippen LogP contribution in [0, 0.1) is 29.6 Å². The van der Waals surface area contributed by atoms with Gasteiger partial charge in [-0.3, -0.25) is 4.79 Å². The second-order valence-electron chi connectivity index (χ2n) is 6.24. The Morgan fingerprint density at radius 2 is 2.00 bits per heavy atom. The predicted octanol–water partition coefficient (Wildman–Crippen LogP) is 5.06. The number of benzene rings is 2. The van der Waals surface area contributed by atoms with Crippen molar-refractivity contribution in [3.05, 3.63) is 70.4 Å². The van der Waals surface area contributed by atoms with Gasteiger partial charge >= 0.3 is 0 Å². The van der Waals surface area contributed by atoms with Gasteiger partial charge in [-0.05, 0) is 36.8 Å². The van der Waals surface area contributed by atoms with Crippen LogP contribution in [-0.2, 0) is 11.3 Å². The van der Waals surface area contributed by atoms with E-state index in [2.05, 4.69) is 11.4 Å². The molecule has 0 aliphatic rings. The van der Waals surface area contributed by atoms with Gasteiger partial charge in [-0.2, -0.15) is 10.5 Å². The van der Waals surface area contributed by atoms with Gasteiger partial charge in [-0.1, -0.05) is 35.9 Å². The highest BCUT2D eigenvalue weighted by atomic mass is 35.5. The Morgan fingerprint density at radius 1 is 1.21 bits per heavy atom. The predicted molar refractivity (Wildman–Crippen MR) is 111 cm³/mol. The van der Waals surface area contributed by atoms with Crippen molar-refractivity contribution in [3.8, 4) is 12.1 Å². The van der Waals surface area contributed by atoms with Gasteiger partial charge in [0.2, 0.25) is 0 Å². The van der Waals surface area contributed by atoms with E-state index in [1.54, 1.807) is 31.2 Å². The maximum Gasteiger partial charge on any atom is 0.266 e. The molecule has 0 aliphatic carbocycles. The van der Waals surface area contributed by atoms with Crippen LogP contribution in [0.3, 0.4) is 0 Å². The fraction of sp³-hybridized carbons (Fsp3) is 0.136. The first-order chi connectivity index (χ1) is 13.5. The number of nitrogens with zero attached hydrogens (tertiary/aromatic N) is 3. The Bertz CT molecular complexity index is 1160. The summed E-state index contributed by atoms with van der Waals surface area (Å²) in [6.07, 6.45) is 3.80. The summed E-state index contributed by atoms with van der Waals surface area (Å²) < 4.78 is 1.96. The van der Waals surface area contributed by atoms with Gasteiger partial charge < -0.3 is 9.88 Å². The maximum absolute atomic E-state index is 12.6. The molecule has 0 unspecified atom stereocenters. The van der Waals surface area contributed by atoms with Crippen LogP contribution in [0.25, 0.3) is 17.0 Å². The number of para-hydroxylation sites is 1. The molecule has 6 heteroatoms. The van der Waals surface area contributed by atoms with Crippen molar-refractivity contribution in [2.24, 2.45) is 0 Å². The number of halogens is 1. The summed E-state index contributed by atoms with van der Waals surface area (Å²) in [4.78, 5) is 12.6. The van der Waals surface area contributed by atoms with E-state index in [1.165, 1.54) is 0 Å². The van der Waals surface area contributed by atoms with Gasteiger partial charge in [0.15, 0.2) is 0 Å². The SMILES string of the molecule is Cc1c(Cl)cccc1NC(=O)/C(C#N)=C/c1cn(CCC#N)c2ccccc12. The molecule has 0 saturated carbocycles. The monoisotopic (exact) mass is 388 g/mol. The van der Waals surface area contributed by atoms with Crippen LogP contribution in [0.5, 0.6) is 0 Å². The third-order valence-corrected chi connectivity index (χ3v) is 4.87. The number of hydrogen-bond acceptors (Lipinski definition) is 3. The quantitative estimate of drug-likeness (QED) is 0.489. The van der Waals surface area contributed by atoms with Crippen molar-refractivity contribution in [2.45, 2.75) is 19.9 Å². The number of aromatic nitrogens is 1. The fourth-order valence-electron chi connectivity index (χ4n) is 2.98. The number of aryl methyl sites for hydroxylation is 1. The number of nitriles is 2. The molecule has 3 rings (SSSR count). The fourth-order valence-corrected chi connectivity index (χ4v) is 3.16. The normalized spacial score (nSPS) is 11.1. The first-order valence-electron chi connectivity index (χ1n) is 8.68. The molecular weight excluding hydrogens is 372 g/mol. The van der Waals surface area contributed by atoms with E-state index in [9.17, 15) is 10.1 Å². The van der Waals surface area contributed by atoms with Crippen molar-refractivity contribution < 1.29 is 4.79 Å². The van der Waals surface area contributed by atoms with E-state index >= 15 is 0 Å². The summed E-state index contributed by atoms with van der Waals surface area (Å²) in [6.45, 7) is 2.34. The highest BCUT2D eigenvalue weighted by molar-refractivity contribution is 6.31. The second-order valence-corrected chi connectivity index (χ2v) is 6.65. The van der Waals surface area contributed by atoms with E-state index < -0.39 is 5.91 Å². The molecule has 0 spiro atoms. The van der Waals surface area contributed by atoms with Crippen LogP contribution >= 0.6 is 11.6 Å². The molecule has 1 N–H and O–H groups in total. The van der Waals surface area contributed by atoms with Gasteiger partial charge in [-0.15, -0.1) is 0 Å². The minimum Gasteiger partial charge on any atom is -0.346 e. The Balaban J connectivity index is 1.97. The van der Waals surface area contributed by atoms with Crippen molar-refractivity contribution in [3.63, 3.8) is 0 Å². The number of fused-ring (bicyclic) bond motifs is 1. The molecule has 0 atom stereocenters. The lowest BCUT2D eigenvalue weighted by molar-refractivity contribution is -0.112. The zero-order chi connectivity index (χ0) is 20.1. The molecule has 2 aromatic carbocycles. The number of rotatable bonds is 5. The minimum atomic E-state index is -0.498. The number of anilines is 1. The smallest absolute Gasteiger partial charge is 0.266 e. The highest BCUT2D eigenvalue weighted by Gasteiger charge is 2.14. The molecule has 0 bridgehead atoms. The number of amides is 1. The average molecular weight is 389 g/mol. The lowest BCUT2D eigenvalue weighted by Gasteiger charge is -2.08. The first-order valence-corrected chi connectivity index (χ1v) is 9.06. The summed E-state index contributed by atoms with van der Waals surface area (Å²) >= 11 is 6.09. The van der Waals surface area contributed by atoms with Crippen LogP contribution < -0.4 is 5.32 Å². The molecule has 138 valence electrons. The Labute approximate surface area is 168 Å².